The fourth-order valence-corrected chi connectivity index (χ4v) is 2.74. The zero-order valence-electron chi connectivity index (χ0n) is 15.4. The molecule has 0 amide bonds. The molecule has 0 N–H and O–H groups in total. The van der Waals surface area contributed by atoms with E-state index in [0.29, 0.717) is 12.3 Å². The van der Waals surface area contributed by atoms with Crippen LogP contribution in [0.4, 0.5) is 10.1 Å². The molecular weight excluding hydrogens is 339 g/mol. The van der Waals surface area contributed by atoms with Crippen molar-refractivity contribution >= 4 is 17.1 Å². The van der Waals surface area contributed by atoms with Crippen LogP contribution < -0.4 is 4.74 Å². The summed E-state index contributed by atoms with van der Waals surface area (Å²) in [6.45, 7) is 2.57. The lowest BCUT2D eigenvalue weighted by atomic mass is 9.99. The second kappa shape index (κ2) is 8.90. The average Bonchev–Trinajstić information content (AvgIpc) is 2.71. The van der Waals surface area contributed by atoms with E-state index < -0.39 is 0 Å². The van der Waals surface area contributed by atoms with E-state index in [1.807, 2.05) is 61.5 Å². The Bertz CT molecular complexity index is 930. The van der Waals surface area contributed by atoms with Gasteiger partial charge in [-0.3, -0.25) is 4.99 Å². The van der Waals surface area contributed by atoms with Gasteiger partial charge in [0.05, 0.1) is 23.7 Å². The van der Waals surface area contributed by atoms with Gasteiger partial charge in [0.25, 0.3) is 0 Å². The number of halogens is 1. The number of aliphatic imine (C=N–C) groups is 2. The Labute approximate surface area is 158 Å². The maximum Gasteiger partial charge on any atom is 0.123 e. The van der Waals surface area contributed by atoms with E-state index >= 15 is 0 Å². The fourth-order valence-electron chi connectivity index (χ4n) is 2.74. The largest absolute Gasteiger partial charge is 0.494 e. The van der Waals surface area contributed by atoms with Crippen LogP contribution in [0, 0.1) is 5.82 Å². The summed E-state index contributed by atoms with van der Waals surface area (Å²) in [6.07, 6.45) is 0. The van der Waals surface area contributed by atoms with Crippen LogP contribution in [0.15, 0.2) is 88.8 Å². The first-order chi connectivity index (χ1) is 13.2. The molecule has 0 bridgehead atoms. The highest BCUT2D eigenvalue weighted by molar-refractivity contribution is 6.53. The van der Waals surface area contributed by atoms with Gasteiger partial charge in [-0.2, -0.15) is 0 Å². The van der Waals surface area contributed by atoms with Gasteiger partial charge in [0.15, 0.2) is 0 Å². The molecule has 0 radical (unpaired) electrons. The molecule has 0 atom stereocenters. The molecule has 4 heteroatoms. The molecule has 0 aliphatic carbocycles. The van der Waals surface area contributed by atoms with Crippen molar-refractivity contribution in [2.24, 2.45) is 9.98 Å². The molecule has 27 heavy (non-hydrogen) atoms. The third kappa shape index (κ3) is 4.67. The van der Waals surface area contributed by atoms with Crippen LogP contribution in [0.2, 0.25) is 0 Å². The van der Waals surface area contributed by atoms with E-state index in [1.165, 1.54) is 12.1 Å². The second-order valence-corrected chi connectivity index (χ2v) is 5.83. The van der Waals surface area contributed by atoms with E-state index in [0.717, 1.165) is 28.3 Å². The molecule has 3 rings (SSSR count). The van der Waals surface area contributed by atoms with Gasteiger partial charge in [-0.05, 0) is 55.5 Å². The van der Waals surface area contributed by atoms with Crippen molar-refractivity contribution in [2.75, 3.05) is 13.7 Å². The predicted octanol–water partition coefficient (Wildman–Crippen LogP) is 5.46. The van der Waals surface area contributed by atoms with Crippen molar-refractivity contribution in [1.29, 1.82) is 0 Å². The van der Waals surface area contributed by atoms with Crippen LogP contribution in [0.5, 0.6) is 5.75 Å². The van der Waals surface area contributed by atoms with Crippen molar-refractivity contribution in [3.05, 3.63) is 95.8 Å². The molecule has 0 unspecified atom stereocenters. The van der Waals surface area contributed by atoms with Gasteiger partial charge in [-0.25, -0.2) is 9.38 Å². The SMILES string of the molecule is CCOc1ccc(N=C(C(=NC)c2ccc(F)cc2)c2ccccc2)cc1. The summed E-state index contributed by atoms with van der Waals surface area (Å²) in [5.41, 5.74) is 3.98. The van der Waals surface area contributed by atoms with Crippen LogP contribution in [0.1, 0.15) is 18.1 Å². The Morgan fingerprint density at radius 1 is 0.815 bits per heavy atom. The summed E-state index contributed by atoms with van der Waals surface area (Å²) >= 11 is 0. The molecule has 0 spiro atoms. The Balaban J connectivity index is 2.06. The minimum absolute atomic E-state index is 0.279. The van der Waals surface area contributed by atoms with Gasteiger partial charge in [0.2, 0.25) is 0 Å². The number of rotatable bonds is 6. The average molecular weight is 360 g/mol. The Morgan fingerprint density at radius 2 is 1.44 bits per heavy atom. The van der Waals surface area contributed by atoms with Gasteiger partial charge in [-0.1, -0.05) is 30.3 Å². The van der Waals surface area contributed by atoms with Crippen molar-refractivity contribution in [3.63, 3.8) is 0 Å². The molecule has 0 heterocycles. The van der Waals surface area contributed by atoms with Crippen molar-refractivity contribution in [3.8, 4) is 5.75 Å². The standard InChI is InChI=1S/C23H21FN2O/c1-3-27-21-15-13-20(14-16-21)26-23(17-7-5-4-6-8-17)22(25-2)18-9-11-19(24)12-10-18/h4-16H,3H2,1-2H3. The summed E-state index contributed by atoms with van der Waals surface area (Å²) in [5, 5.41) is 0. The molecule has 0 saturated carbocycles. The summed E-state index contributed by atoms with van der Waals surface area (Å²) < 4.78 is 18.8. The molecule has 0 aliphatic heterocycles. The summed E-state index contributed by atoms with van der Waals surface area (Å²) in [4.78, 5) is 9.28. The molecule has 3 aromatic carbocycles. The molecule has 0 aromatic heterocycles. The van der Waals surface area contributed by atoms with Crippen molar-refractivity contribution in [2.45, 2.75) is 6.92 Å². The quantitative estimate of drug-likeness (QED) is 0.537. The number of ether oxygens (including phenoxy) is 1. The summed E-state index contributed by atoms with van der Waals surface area (Å²) in [6, 6.07) is 23.8. The Hall–Kier alpha value is -3.27. The molecule has 3 aromatic rings. The molecule has 0 aliphatic rings. The number of hydrogen-bond donors (Lipinski definition) is 0. The van der Waals surface area contributed by atoms with E-state index in [-0.39, 0.29) is 5.82 Å². The molecule has 3 nitrogen and oxygen atoms in total. The Kier molecular flexibility index (Phi) is 6.10. The zero-order chi connectivity index (χ0) is 19.1. The van der Waals surface area contributed by atoms with Gasteiger partial charge < -0.3 is 4.74 Å². The van der Waals surface area contributed by atoms with Crippen molar-refractivity contribution in [1.82, 2.24) is 0 Å². The van der Waals surface area contributed by atoms with Gasteiger partial charge >= 0.3 is 0 Å². The zero-order valence-corrected chi connectivity index (χ0v) is 15.4. The van der Waals surface area contributed by atoms with E-state index in [1.54, 1.807) is 19.2 Å². The maximum absolute atomic E-state index is 13.3. The lowest BCUT2D eigenvalue weighted by molar-refractivity contribution is 0.340. The monoisotopic (exact) mass is 360 g/mol. The van der Waals surface area contributed by atoms with E-state index in [9.17, 15) is 4.39 Å². The minimum Gasteiger partial charge on any atom is -0.494 e. The third-order valence-electron chi connectivity index (χ3n) is 4.00. The van der Waals surface area contributed by atoms with Crippen LogP contribution in [0.25, 0.3) is 0 Å². The summed E-state index contributed by atoms with van der Waals surface area (Å²) in [5.74, 6) is 0.527. The topological polar surface area (TPSA) is 34.0 Å². The maximum atomic E-state index is 13.3. The van der Waals surface area contributed by atoms with Crippen molar-refractivity contribution < 1.29 is 9.13 Å². The number of benzene rings is 3. The highest BCUT2D eigenvalue weighted by Gasteiger charge is 2.14. The number of hydrogen-bond acceptors (Lipinski definition) is 3. The summed E-state index contributed by atoms with van der Waals surface area (Å²) in [7, 11) is 1.72. The fraction of sp³-hybridized carbons (Fsp3) is 0.130. The van der Waals surface area contributed by atoms with E-state index in [4.69, 9.17) is 9.73 Å². The lowest BCUT2D eigenvalue weighted by Crippen LogP contribution is -2.17. The third-order valence-corrected chi connectivity index (χ3v) is 4.00. The molecule has 0 fully saturated rings. The van der Waals surface area contributed by atoms with Crippen LogP contribution in [0.3, 0.4) is 0 Å². The lowest BCUT2D eigenvalue weighted by Gasteiger charge is -2.11. The first kappa shape index (κ1) is 18.5. The first-order valence-corrected chi connectivity index (χ1v) is 8.81. The van der Waals surface area contributed by atoms with Gasteiger partial charge in [0, 0.05) is 18.2 Å². The van der Waals surface area contributed by atoms with Gasteiger partial charge in [-0.15, -0.1) is 0 Å². The second-order valence-electron chi connectivity index (χ2n) is 5.83. The molecule has 136 valence electrons. The smallest absolute Gasteiger partial charge is 0.123 e. The molecule has 0 saturated heterocycles. The highest BCUT2D eigenvalue weighted by Crippen LogP contribution is 2.21. The first-order valence-electron chi connectivity index (χ1n) is 8.81. The van der Waals surface area contributed by atoms with Crippen LogP contribution >= 0.6 is 0 Å². The molecular formula is C23H21FN2O. The predicted molar refractivity (Wildman–Crippen MR) is 109 cm³/mol. The van der Waals surface area contributed by atoms with E-state index in [2.05, 4.69) is 4.99 Å². The van der Waals surface area contributed by atoms with Crippen LogP contribution in [-0.4, -0.2) is 25.1 Å². The minimum atomic E-state index is -0.279. The van der Waals surface area contributed by atoms with Crippen LogP contribution in [-0.2, 0) is 0 Å². The van der Waals surface area contributed by atoms with Gasteiger partial charge in [0.1, 0.15) is 11.6 Å². The Morgan fingerprint density at radius 3 is 2.04 bits per heavy atom. The highest BCUT2D eigenvalue weighted by atomic mass is 19.1. The number of nitrogens with zero attached hydrogens (tertiary/aromatic N) is 2. The normalized spacial score (nSPS) is 12.1.